The van der Waals surface area contributed by atoms with Crippen LogP contribution in [-0.4, -0.2) is 17.4 Å². The van der Waals surface area contributed by atoms with Crippen molar-refractivity contribution in [1.29, 1.82) is 0 Å². The predicted molar refractivity (Wildman–Crippen MR) is 82.0 cm³/mol. The van der Waals surface area contributed by atoms with E-state index in [2.05, 4.69) is 22.6 Å². The van der Waals surface area contributed by atoms with Crippen LogP contribution in [0, 0.1) is 6.92 Å². The van der Waals surface area contributed by atoms with Crippen LogP contribution < -0.4 is 5.32 Å². The Balaban J connectivity index is 2.02. The summed E-state index contributed by atoms with van der Waals surface area (Å²) in [6.45, 7) is 4.80. The Morgan fingerprint density at radius 1 is 1.42 bits per heavy atom. The van der Waals surface area contributed by atoms with Crippen LogP contribution >= 0.6 is 22.7 Å². The zero-order valence-electron chi connectivity index (χ0n) is 11.2. The average molecular weight is 294 g/mol. The number of hydrogen-bond acceptors (Lipinski definition) is 4. The van der Waals surface area contributed by atoms with Gasteiger partial charge in [0.15, 0.2) is 0 Å². The molecule has 19 heavy (non-hydrogen) atoms. The van der Waals surface area contributed by atoms with Crippen LogP contribution in [0.3, 0.4) is 0 Å². The number of aromatic nitrogens is 1. The molecule has 102 valence electrons. The number of unbranched alkanes of at least 4 members (excludes halogenated alkanes) is 2. The molecule has 2 aromatic heterocycles. The third-order valence-corrected chi connectivity index (χ3v) is 4.73. The highest BCUT2D eigenvalue weighted by molar-refractivity contribution is 7.17. The molecule has 2 heterocycles. The molecule has 0 saturated heterocycles. The van der Waals surface area contributed by atoms with Crippen molar-refractivity contribution in [3.8, 4) is 10.6 Å². The largest absolute Gasteiger partial charge is 0.351 e. The van der Waals surface area contributed by atoms with Crippen molar-refractivity contribution in [3.05, 3.63) is 27.4 Å². The molecule has 0 bridgehead atoms. The first-order valence-electron chi connectivity index (χ1n) is 6.50. The summed E-state index contributed by atoms with van der Waals surface area (Å²) in [6, 6.07) is 2.03. The molecule has 0 atom stereocenters. The molecule has 0 fully saturated rings. The first-order valence-corrected chi connectivity index (χ1v) is 8.26. The highest BCUT2D eigenvalue weighted by Crippen LogP contribution is 2.29. The van der Waals surface area contributed by atoms with E-state index in [4.69, 9.17) is 0 Å². The normalized spacial score (nSPS) is 10.6. The summed E-state index contributed by atoms with van der Waals surface area (Å²) < 4.78 is 0. The highest BCUT2D eigenvalue weighted by Gasteiger charge is 2.15. The second kappa shape index (κ2) is 6.82. The lowest BCUT2D eigenvalue weighted by molar-refractivity contribution is 0.0956. The van der Waals surface area contributed by atoms with Crippen LogP contribution in [0.4, 0.5) is 0 Å². The molecule has 2 rings (SSSR count). The van der Waals surface area contributed by atoms with E-state index >= 15 is 0 Å². The number of thiazole rings is 1. The van der Waals surface area contributed by atoms with Gasteiger partial charge in [0.05, 0.1) is 5.69 Å². The van der Waals surface area contributed by atoms with E-state index in [1.165, 1.54) is 11.3 Å². The molecule has 1 N–H and O–H groups in total. The molecule has 2 aromatic rings. The third-order valence-electron chi connectivity index (χ3n) is 2.84. The molecule has 0 unspecified atom stereocenters. The summed E-state index contributed by atoms with van der Waals surface area (Å²) in [4.78, 5) is 17.3. The van der Waals surface area contributed by atoms with Gasteiger partial charge in [-0.2, -0.15) is 11.3 Å². The zero-order chi connectivity index (χ0) is 13.7. The Bertz CT molecular complexity index is 532. The van der Waals surface area contributed by atoms with E-state index < -0.39 is 0 Å². The van der Waals surface area contributed by atoms with Gasteiger partial charge in [0.25, 0.3) is 5.91 Å². The lowest BCUT2D eigenvalue weighted by atomic mass is 10.2. The van der Waals surface area contributed by atoms with E-state index in [1.54, 1.807) is 11.3 Å². The smallest absolute Gasteiger partial charge is 0.263 e. The zero-order valence-corrected chi connectivity index (χ0v) is 12.9. The maximum absolute atomic E-state index is 12.1. The summed E-state index contributed by atoms with van der Waals surface area (Å²) in [5, 5.41) is 7.98. The number of nitrogens with zero attached hydrogens (tertiary/aromatic N) is 1. The molecule has 5 heteroatoms. The van der Waals surface area contributed by atoms with Gasteiger partial charge in [-0.3, -0.25) is 4.79 Å². The molecule has 0 saturated carbocycles. The minimum Gasteiger partial charge on any atom is -0.351 e. The van der Waals surface area contributed by atoms with Crippen molar-refractivity contribution in [2.75, 3.05) is 6.54 Å². The fourth-order valence-electron chi connectivity index (χ4n) is 1.77. The maximum atomic E-state index is 12.1. The van der Waals surface area contributed by atoms with Gasteiger partial charge >= 0.3 is 0 Å². The molecule has 0 spiro atoms. The molecule has 3 nitrogen and oxygen atoms in total. The number of carbonyl (C=O) groups excluding carboxylic acids is 1. The Morgan fingerprint density at radius 3 is 2.95 bits per heavy atom. The van der Waals surface area contributed by atoms with Gasteiger partial charge in [-0.25, -0.2) is 4.98 Å². The summed E-state index contributed by atoms with van der Waals surface area (Å²) >= 11 is 3.12. The van der Waals surface area contributed by atoms with Crippen LogP contribution in [0.5, 0.6) is 0 Å². The number of carbonyl (C=O) groups is 1. The van der Waals surface area contributed by atoms with E-state index in [1.807, 2.05) is 18.4 Å². The topological polar surface area (TPSA) is 42.0 Å². The van der Waals surface area contributed by atoms with E-state index in [0.29, 0.717) is 0 Å². The van der Waals surface area contributed by atoms with Crippen LogP contribution in [0.25, 0.3) is 10.6 Å². The standard InChI is InChI=1S/C14H18N2OS2/c1-3-4-5-7-15-13(17)12-10(2)16-14(19-12)11-6-8-18-9-11/h6,8-9H,3-5,7H2,1-2H3,(H,15,17). The molecule has 1 amide bonds. The van der Waals surface area contributed by atoms with Crippen molar-refractivity contribution >= 4 is 28.6 Å². The number of rotatable bonds is 6. The van der Waals surface area contributed by atoms with Crippen molar-refractivity contribution in [2.24, 2.45) is 0 Å². The van der Waals surface area contributed by atoms with Gasteiger partial charge in [0, 0.05) is 17.5 Å². The van der Waals surface area contributed by atoms with Gasteiger partial charge in [0.2, 0.25) is 0 Å². The van der Waals surface area contributed by atoms with Crippen molar-refractivity contribution < 1.29 is 4.79 Å². The number of nitrogens with one attached hydrogen (secondary N) is 1. The summed E-state index contributed by atoms with van der Waals surface area (Å²) in [5.41, 5.74) is 1.92. The second-order valence-electron chi connectivity index (χ2n) is 4.41. The lowest BCUT2D eigenvalue weighted by Gasteiger charge is -2.02. The Kier molecular flexibility index (Phi) is 5.10. The van der Waals surface area contributed by atoms with E-state index in [-0.39, 0.29) is 5.91 Å². The molecule has 0 aromatic carbocycles. The first kappa shape index (κ1) is 14.2. The monoisotopic (exact) mass is 294 g/mol. The molecule has 0 aliphatic heterocycles. The van der Waals surface area contributed by atoms with E-state index in [0.717, 1.165) is 46.9 Å². The number of thiophene rings is 1. The highest BCUT2D eigenvalue weighted by atomic mass is 32.1. The van der Waals surface area contributed by atoms with Gasteiger partial charge in [-0.05, 0) is 24.8 Å². The fraction of sp³-hybridized carbons (Fsp3) is 0.429. The Morgan fingerprint density at radius 2 is 2.26 bits per heavy atom. The molecule has 0 aliphatic carbocycles. The SMILES string of the molecule is CCCCCNC(=O)c1sc(-c2ccsc2)nc1C. The molecular formula is C14H18N2OS2. The summed E-state index contributed by atoms with van der Waals surface area (Å²) in [5.74, 6) is 0.00702. The van der Waals surface area contributed by atoms with Crippen LogP contribution in [-0.2, 0) is 0 Å². The van der Waals surface area contributed by atoms with Gasteiger partial charge in [0.1, 0.15) is 9.88 Å². The van der Waals surface area contributed by atoms with Crippen LogP contribution in [0.1, 0.15) is 41.6 Å². The number of hydrogen-bond donors (Lipinski definition) is 1. The van der Waals surface area contributed by atoms with E-state index in [9.17, 15) is 4.79 Å². The van der Waals surface area contributed by atoms with Crippen molar-refractivity contribution in [2.45, 2.75) is 33.1 Å². The first-order chi connectivity index (χ1) is 9.22. The van der Waals surface area contributed by atoms with Gasteiger partial charge in [-0.1, -0.05) is 19.8 Å². The quantitative estimate of drug-likeness (QED) is 0.815. The summed E-state index contributed by atoms with van der Waals surface area (Å²) in [6.07, 6.45) is 3.36. The third kappa shape index (κ3) is 3.64. The second-order valence-corrected chi connectivity index (χ2v) is 6.19. The minimum atomic E-state index is 0.00702. The van der Waals surface area contributed by atoms with Crippen molar-refractivity contribution in [1.82, 2.24) is 10.3 Å². The Labute approximate surface area is 121 Å². The van der Waals surface area contributed by atoms with Crippen LogP contribution in [0.15, 0.2) is 16.8 Å². The van der Waals surface area contributed by atoms with Gasteiger partial charge in [-0.15, -0.1) is 11.3 Å². The number of aryl methyl sites for hydroxylation is 1. The maximum Gasteiger partial charge on any atom is 0.263 e. The average Bonchev–Trinajstić information content (AvgIpc) is 3.03. The Hall–Kier alpha value is -1.20. The number of amides is 1. The summed E-state index contributed by atoms with van der Waals surface area (Å²) in [7, 11) is 0. The van der Waals surface area contributed by atoms with Crippen molar-refractivity contribution in [3.63, 3.8) is 0 Å². The lowest BCUT2D eigenvalue weighted by Crippen LogP contribution is -2.24. The predicted octanol–water partition coefficient (Wildman–Crippen LogP) is 4.10. The fourth-order valence-corrected chi connectivity index (χ4v) is 3.47. The molecule has 0 aliphatic rings. The minimum absolute atomic E-state index is 0.00702. The molecule has 0 radical (unpaired) electrons. The molecular weight excluding hydrogens is 276 g/mol. The van der Waals surface area contributed by atoms with Gasteiger partial charge < -0.3 is 5.32 Å². The van der Waals surface area contributed by atoms with Crippen LogP contribution in [0.2, 0.25) is 0 Å².